The van der Waals surface area contributed by atoms with E-state index in [4.69, 9.17) is 4.52 Å². The summed E-state index contributed by atoms with van der Waals surface area (Å²) in [6, 6.07) is 6.58. The topological polar surface area (TPSA) is 62.5 Å². The highest BCUT2D eigenvalue weighted by molar-refractivity contribution is 14.0. The quantitative estimate of drug-likeness (QED) is 0.378. The van der Waals surface area contributed by atoms with E-state index in [-0.39, 0.29) is 29.8 Å². The van der Waals surface area contributed by atoms with Gasteiger partial charge in [-0.2, -0.15) is 0 Å². The van der Waals surface area contributed by atoms with Crippen LogP contribution in [0.25, 0.3) is 0 Å². The number of guanidine groups is 1. The molecule has 2 aromatic rings. The molecule has 0 atom stereocenters. The first-order chi connectivity index (χ1) is 11.6. The van der Waals surface area contributed by atoms with Gasteiger partial charge in [0.2, 0.25) is 0 Å². The molecule has 1 aromatic heterocycles. The summed E-state index contributed by atoms with van der Waals surface area (Å²) in [5.74, 6) is 1.43. The predicted octanol–water partition coefficient (Wildman–Crippen LogP) is 3.39. The number of halogens is 2. The van der Waals surface area contributed by atoms with E-state index in [1.54, 1.807) is 12.1 Å². The summed E-state index contributed by atoms with van der Waals surface area (Å²) in [6.45, 7) is 8.10. The lowest BCUT2D eigenvalue weighted by molar-refractivity contribution is 0.392. The zero-order chi connectivity index (χ0) is 17.4. The molecule has 0 radical (unpaired) electrons. The third-order valence-corrected chi connectivity index (χ3v) is 3.78. The normalized spacial score (nSPS) is 11.1. The zero-order valence-corrected chi connectivity index (χ0v) is 17.3. The minimum absolute atomic E-state index is 0. The molecule has 138 valence electrons. The highest BCUT2D eigenvalue weighted by atomic mass is 127. The van der Waals surface area contributed by atoms with Crippen molar-refractivity contribution >= 4 is 29.9 Å². The largest absolute Gasteiger partial charge is 0.361 e. The van der Waals surface area contributed by atoms with Gasteiger partial charge in [-0.15, -0.1) is 24.0 Å². The Kier molecular flexibility index (Phi) is 9.48. The van der Waals surface area contributed by atoms with Crippen LogP contribution in [0.2, 0.25) is 0 Å². The standard InChI is InChI=1S/C18H25FN4O.HI/c1-4-20-18(21-11-9-15-5-7-16(19)8-6-15)22-12-10-17-13(2)23-24-14(17)3;/h5-8H,4,9-12H2,1-3H3,(H2,20,21,22);1H. The highest BCUT2D eigenvalue weighted by Crippen LogP contribution is 2.12. The van der Waals surface area contributed by atoms with Gasteiger partial charge in [-0.25, -0.2) is 4.39 Å². The summed E-state index contributed by atoms with van der Waals surface area (Å²) in [5, 5.41) is 10.5. The molecule has 1 aromatic carbocycles. The zero-order valence-electron chi connectivity index (χ0n) is 14.9. The molecule has 0 saturated heterocycles. The van der Waals surface area contributed by atoms with Crippen molar-refractivity contribution in [3.05, 3.63) is 52.7 Å². The van der Waals surface area contributed by atoms with Crippen molar-refractivity contribution in [2.45, 2.75) is 33.6 Å². The molecule has 0 aliphatic rings. The second-order valence-corrected chi connectivity index (χ2v) is 5.62. The molecule has 1 heterocycles. The lowest BCUT2D eigenvalue weighted by Crippen LogP contribution is -2.38. The summed E-state index contributed by atoms with van der Waals surface area (Å²) in [4.78, 5) is 4.58. The van der Waals surface area contributed by atoms with Crippen LogP contribution in [0.5, 0.6) is 0 Å². The third kappa shape index (κ3) is 7.01. The van der Waals surface area contributed by atoms with Crippen LogP contribution in [0, 0.1) is 19.7 Å². The first-order valence-corrected chi connectivity index (χ1v) is 8.28. The molecule has 0 saturated carbocycles. The summed E-state index contributed by atoms with van der Waals surface area (Å²) in [6.07, 6.45) is 1.62. The Balaban J connectivity index is 0.00000312. The Morgan fingerprint density at radius 1 is 1.16 bits per heavy atom. The number of rotatable bonds is 7. The molecule has 7 heteroatoms. The van der Waals surface area contributed by atoms with Crippen molar-refractivity contribution in [3.63, 3.8) is 0 Å². The molecule has 0 unspecified atom stereocenters. The van der Waals surface area contributed by atoms with Crippen LogP contribution >= 0.6 is 24.0 Å². The fourth-order valence-electron chi connectivity index (χ4n) is 2.46. The fraction of sp³-hybridized carbons (Fsp3) is 0.444. The van der Waals surface area contributed by atoms with Gasteiger partial charge in [-0.3, -0.25) is 4.99 Å². The summed E-state index contributed by atoms with van der Waals surface area (Å²) >= 11 is 0. The minimum atomic E-state index is -0.207. The first kappa shape index (κ1) is 21.4. The molecule has 5 nitrogen and oxygen atoms in total. The van der Waals surface area contributed by atoms with Gasteiger partial charge in [-0.1, -0.05) is 17.3 Å². The Morgan fingerprint density at radius 3 is 2.48 bits per heavy atom. The first-order valence-electron chi connectivity index (χ1n) is 8.28. The Bertz CT molecular complexity index is 651. The van der Waals surface area contributed by atoms with Crippen molar-refractivity contribution in [2.24, 2.45) is 4.99 Å². The Morgan fingerprint density at radius 2 is 1.88 bits per heavy atom. The predicted molar refractivity (Wildman–Crippen MR) is 109 cm³/mol. The van der Waals surface area contributed by atoms with E-state index in [9.17, 15) is 4.39 Å². The highest BCUT2D eigenvalue weighted by Gasteiger charge is 2.08. The molecule has 0 amide bonds. The number of hydrogen-bond donors (Lipinski definition) is 2. The van der Waals surface area contributed by atoms with Crippen molar-refractivity contribution in [2.75, 3.05) is 19.6 Å². The van der Waals surface area contributed by atoms with Gasteiger partial charge in [0.1, 0.15) is 11.6 Å². The van der Waals surface area contributed by atoms with E-state index in [1.807, 2.05) is 20.8 Å². The summed E-state index contributed by atoms with van der Waals surface area (Å²) in [5.41, 5.74) is 3.15. The molecule has 0 spiro atoms. The third-order valence-electron chi connectivity index (χ3n) is 3.78. The lowest BCUT2D eigenvalue weighted by Gasteiger charge is -2.11. The summed E-state index contributed by atoms with van der Waals surface area (Å²) < 4.78 is 18.1. The number of aromatic nitrogens is 1. The lowest BCUT2D eigenvalue weighted by atomic mass is 10.1. The maximum atomic E-state index is 12.9. The molecule has 0 fully saturated rings. The monoisotopic (exact) mass is 460 g/mol. The van der Waals surface area contributed by atoms with Crippen LogP contribution in [0.1, 0.15) is 29.5 Å². The van der Waals surface area contributed by atoms with Crippen molar-refractivity contribution in [3.8, 4) is 0 Å². The van der Waals surface area contributed by atoms with Crippen molar-refractivity contribution < 1.29 is 8.91 Å². The summed E-state index contributed by atoms with van der Waals surface area (Å²) in [7, 11) is 0. The van der Waals surface area contributed by atoms with E-state index in [0.717, 1.165) is 54.5 Å². The molecule has 0 bridgehead atoms. The smallest absolute Gasteiger partial charge is 0.191 e. The van der Waals surface area contributed by atoms with Crippen LogP contribution in [0.4, 0.5) is 4.39 Å². The van der Waals surface area contributed by atoms with Crippen LogP contribution in [-0.4, -0.2) is 30.8 Å². The molecule has 2 rings (SSSR count). The fourth-order valence-corrected chi connectivity index (χ4v) is 2.46. The van der Waals surface area contributed by atoms with Gasteiger partial charge in [0, 0.05) is 25.2 Å². The van der Waals surface area contributed by atoms with Crippen LogP contribution in [0.15, 0.2) is 33.8 Å². The van der Waals surface area contributed by atoms with E-state index < -0.39 is 0 Å². The van der Waals surface area contributed by atoms with E-state index in [1.165, 1.54) is 12.1 Å². The number of aliphatic imine (C=N–C) groups is 1. The Labute approximate surface area is 165 Å². The van der Waals surface area contributed by atoms with Gasteiger partial charge in [0.25, 0.3) is 0 Å². The van der Waals surface area contributed by atoms with Gasteiger partial charge in [-0.05, 0) is 51.3 Å². The van der Waals surface area contributed by atoms with Gasteiger partial charge < -0.3 is 15.2 Å². The van der Waals surface area contributed by atoms with E-state index in [0.29, 0.717) is 6.54 Å². The average Bonchev–Trinajstić information content (AvgIpc) is 2.88. The average molecular weight is 460 g/mol. The SMILES string of the molecule is CCNC(=NCCc1c(C)noc1C)NCCc1ccc(F)cc1.I. The number of hydrogen-bond acceptors (Lipinski definition) is 3. The minimum Gasteiger partial charge on any atom is -0.361 e. The number of aryl methyl sites for hydroxylation is 2. The van der Waals surface area contributed by atoms with Gasteiger partial charge in [0.05, 0.1) is 5.69 Å². The van der Waals surface area contributed by atoms with Gasteiger partial charge in [0.15, 0.2) is 5.96 Å². The molecule has 0 aliphatic heterocycles. The maximum Gasteiger partial charge on any atom is 0.191 e. The molecule has 0 aliphatic carbocycles. The molecule has 25 heavy (non-hydrogen) atoms. The van der Waals surface area contributed by atoms with Crippen molar-refractivity contribution in [1.29, 1.82) is 0 Å². The van der Waals surface area contributed by atoms with Crippen molar-refractivity contribution in [1.82, 2.24) is 15.8 Å². The Hall–Kier alpha value is -1.64. The number of benzene rings is 1. The van der Waals surface area contributed by atoms with Gasteiger partial charge >= 0.3 is 0 Å². The molecular formula is C18H26FIN4O. The molecule has 2 N–H and O–H groups in total. The second-order valence-electron chi connectivity index (χ2n) is 5.62. The van der Waals surface area contributed by atoms with E-state index in [2.05, 4.69) is 20.8 Å². The van der Waals surface area contributed by atoms with Crippen LogP contribution < -0.4 is 10.6 Å². The number of nitrogens with zero attached hydrogens (tertiary/aromatic N) is 2. The van der Waals surface area contributed by atoms with Crippen LogP contribution in [-0.2, 0) is 12.8 Å². The second kappa shape index (κ2) is 11.1. The van der Waals surface area contributed by atoms with Crippen LogP contribution in [0.3, 0.4) is 0 Å². The maximum absolute atomic E-state index is 12.9. The van der Waals surface area contributed by atoms with E-state index >= 15 is 0 Å². The molecular weight excluding hydrogens is 434 g/mol. The number of nitrogens with one attached hydrogen (secondary N) is 2.